The van der Waals surface area contributed by atoms with Crippen LogP contribution in [0.15, 0.2) is 54.6 Å². The van der Waals surface area contributed by atoms with Crippen LogP contribution in [0.1, 0.15) is 56.1 Å². The van der Waals surface area contributed by atoms with Gasteiger partial charge in [-0.1, -0.05) is 55.3 Å². The second-order valence-electron chi connectivity index (χ2n) is 8.88. The summed E-state index contributed by atoms with van der Waals surface area (Å²) in [5.74, 6) is 1.24. The van der Waals surface area contributed by atoms with E-state index in [4.69, 9.17) is 4.74 Å². The number of benzene rings is 2. The Morgan fingerprint density at radius 1 is 1.10 bits per heavy atom. The average Bonchev–Trinajstić information content (AvgIpc) is 3.40. The van der Waals surface area contributed by atoms with Gasteiger partial charge >= 0.3 is 0 Å². The van der Waals surface area contributed by atoms with Crippen LogP contribution in [0.2, 0.25) is 0 Å². The number of hydrogen-bond acceptors (Lipinski definition) is 3. The lowest BCUT2D eigenvalue weighted by molar-refractivity contribution is -0.129. The quantitative estimate of drug-likeness (QED) is 0.615. The van der Waals surface area contributed by atoms with E-state index in [2.05, 4.69) is 52.7 Å². The minimum absolute atomic E-state index is 0.146. The van der Waals surface area contributed by atoms with Gasteiger partial charge in [-0.2, -0.15) is 0 Å². The van der Waals surface area contributed by atoms with E-state index in [9.17, 15) is 4.79 Å². The Bertz CT molecular complexity index is 830. The van der Waals surface area contributed by atoms with Gasteiger partial charge in [-0.3, -0.25) is 4.79 Å². The Morgan fingerprint density at radius 2 is 1.90 bits per heavy atom. The van der Waals surface area contributed by atoms with E-state index in [-0.39, 0.29) is 5.41 Å². The predicted molar refractivity (Wildman–Crippen MR) is 121 cm³/mol. The standard InChI is InChI=1S/C26H34N2O2/c1-30-24-11-7-8-21(18-24)19-27-17-14-23-12-13-25(29)28(23)20-26(15-5-6-16-26)22-9-3-2-4-10-22/h2-4,7-11,18,23,27H,5-6,12-17,19-20H2,1H3. The van der Waals surface area contributed by atoms with Crippen molar-refractivity contribution in [2.24, 2.45) is 0 Å². The first-order chi connectivity index (χ1) is 14.7. The fraction of sp³-hybridized carbons (Fsp3) is 0.500. The molecule has 1 saturated heterocycles. The Balaban J connectivity index is 1.35. The monoisotopic (exact) mass is 406 g/mol. The van der Waals surface area contributed by atoms with Gasteiger partial charge in [-0.15, -0.1) is 0 Å². The number of ether oxygens (including phenoxy) is 1. The van der Waals surface area contributed by atoms with E-state index in [0.29, 0.717) is 18.4 Å². The molecule has 2 aliphatic rings. The number of rotatable bonds is 9. The first-order valence-corrected chi connectivity index (χ1v) is 11.4. The van der Waals surface area contributed by atoms with Crippen LogP contribution in [0.5, 0.6) is 5.75 Å². The van der Waals surface area contributed by atoms with Gasteiger partial charge in [0.05, 0.1) is 7.11 Å². The van der Waals surface area contributed by atoms with Crippen molar-refractivity contribution in [3.63, 3.8) is 0 Å². The van der Waals surface area contributed by atoms with Crippen molar-refractivity contribution in [1.82, 2.24) is 10.2 Å². The van der Waals surface area contributed by atoms with Gasteiger partial charge < -0.3 is 15.0 Å². The van der Waals surface area contributed by atoms with Crippen LogP contribution >= 0.6 is 0 Å². The zero-order valence-corrected chi connectivity index (χ0v) is 18.1. The highest BCUT2D eigenvalue weighted by Gasteiger charge is 2.41. The first kappa shape index (κ1) is 20.9. The maximum Gasteiger partial charge on any atom is 0.222 e. The number of methoxy groups -OCH3 is 1. The lowest BCUT2D eigenvalue weighted by Crippen LogP contribution is -2.44. The predicted octanol–water partition coefficient (Wildman–Crippen LogP) is 4.68. The Kier molecular flexibility index (Phi) is 6.73. The molecule has 1 atom stereocenters. The smallest absolute Gasteiger partial charge is 0.222 e. The van der Waals surface area contributed by atoms with E-state index in [1.54, 1.807) is 7.11 Å². The molecular weight excluding hydrogens is 372 g/mol. The highest BCUT2D eigenvalue weighted by molar-refractivity contribution is 5.79. The summed E-state index contributed by atoms with van der Waals surface area (Å²) in [5.41, 5.74) is 2.79. The summed E-state index contributed by atoms with van der Waals surface area (Å²) in [6.45, 7) is 2.63. The van der Waals surface area contributed by atoms with Crippen molar-refractivity contribution in [2.45, 2.75) is 62.9 Å². The summed E-state index contributed by atoms with van der Waals surface area (Å²) in [5, 5.41) is 3.56. The molecule has 1 aliphatic carbocycles. The molecule has 160 valence electrons. The molecule has 0 aromatic heterocycles. The van der Waals surface area contributed by atoms with Crippen LogP contribution in [0.3, 0.4) is 0 Å². The summed E-state index contributed by atoms with van der Waals surface area (Å²) in [4.78, 5) is 15.0. The molecule has 30 heavy (non-hydrogen) atoms. The molecule has 4 heteroatoms. The molecule has 0 radical (unpaired) electrons. The van der Waals surface area contributed by atoms with Gasteiger partial charge in [0.25, 0.3) is 0 Å². The molecule has 4 rings (SSSR count). The van der Waals surface area contributed by atoms with E-state index >= 15 is 0 Å². The molecule has 2 aromatic carbocycles. The second-order valence-corrected chi connectivity index (χ2v) is 8.88. The number of hydrogen-bond donors (Lipinski definition) is 1. The summed E-state index contributed by atoms with van der Waals surface area (Å²) >= 11 is 0. The number of likely N-dealkylation sites (tertiary alicyclic amines) is 1. The SMILES string of the molecule is COc1cccc(CNCCC2CCC(=O)N2CC2(c3ccccc3)CCCC2)c1. The lowest BCUT2D eigenvalue weighted by Gasteiger charge is -2.37. The highest BCUT2D eigenvalue weighted by atomic mass is 16.5. The summed E-state index contributed by atoms with van der Waals surface area (Å²) in [6.07, 6.45) is 7.63. The van der Waals surface area contributed by atoms with Crippen LogP contribution in [0, 0.1) is 0 Å². The number of carbonyl (C=O) groups excluding carboxylic acids is 1. The molecule has 1 aliphatic heterocycles. The van der Waals surface area contributed by atoms with E-state index < -0.39 is 0 Å². The molecule has 1 heterocycles. The van der Waals surface area contributed by atoms with Gasteiger partial charge in [0.2, 0.25) is 5.91 Å². The normalized spacial score (nSPS) is 20.6. The van der Waals surface area contributed by atoms with Crippen LogP contribution < -0.4 is 10.1 Å². The lowest BCUT2D eigenvalue weighted by atomic mass is 9.78. The molecule has 2 fully saturated rings. The van der Waals surface area contributed by atoms with Crippen molar-refractivity contribution in [3.8, 4) is 5.75 Å². The number of nitrogens with one attached hydrogen (secondary N) is 1. The van der Waals surface area contributed by atoms with E-state index in [0.717, 1.165) is 38.2 Å². The average molecular weight is 407 g/mol. The van der Waals surface area contributed by atoms with Crippen LogP contribution in [0.4, 0.5) is 0 Å². The van der Waals surface area contributed by atoms with Crippen molar-refractivity contribution < 1.29 is 9.53 Å². The summed E-state index contributed by atoms with van der Waals surface area (Å²) in [6, 6.07) is 19.4. The molecule has 2 aromatic rings. The van der Waals surface area contributed by atoms with Crippen LogP contribution in [-0.2, 0) is 16.8 Å². The Labute approximate surface area is 180 Å². The fourth-order valence-electron chi connectivity index (χ4n) is 5.30. The molecule has 1 unspecified atom stereocenters. The van der Waals surface area contributed by atoms with Gasteiger partial charge in [-0.05, 0) is 55.5 Å². The summed E-state index contributed by atoms with van der Waals surface area (Å²) < 4.78 is 5.31. The Morgan fingerprint density at radius 3 is 2.67 bits per heavy atom. The Hall–Kier alpha value is -2.33. The molecule has 0 spiro atoms. The first-order valence-electron chi connectivity index (χ1n) is 11.4. The third-order valence-electron chi connectivity index (χ3n) is 6.99. The van der Waals surface area contributed by atoms with Crippen LogP contribution in [0.25, 0.3) is 0 Å². The third-order valence-corrected chi connectivity index (χ3v) is 6.99. The zero-order chi connectivity index (χ0) is 20.8. The third kappa shape index (κ3) is 4.70. The minimum atomic E-state index is 0.146. The molecule has 1 saturated carbocycles. The maximum atomic E-state index is 12.8. The van der Waals surface area contributed by atoms with E-state index in [1.165, 1.54) is 36.8 Å². The van der Waals surface area contributed by atoms with Crippen molar-refractivity contribution >= 4 is 5.91 Å². The number of nitrogens with zero attached hydrogens (tertiary/aromatic N) is 1. The largest absolute Gasteiger partial charge is 0.497 e. The molecule has 1 N–H and O–H groups in total. The van der Waals surface area contributed by atoms with Crippen LogP contribution in [-0.4, -0.2) is 37.0 Å². The molecule has 4 nitrogen and oxygen atoms in total. The summed E-state index contributed by atoms with van der Waals surface area (Å²) in [7, 11) is 1.70. The molecule has 0 bridgehead atoms. The van der Waals surface area contributed by atoms with Gasteiger partial charge in [-0.25, -0.2) is 0 Å². The van der Waals surface area contributed by atoms with Crippen molar-refractivity contribution in [1.29, 1.82) is 0 Å². The maximum absolute atomic E-state index is 12.8. The fourth-order valence-corrected chi connectivity index (χ4v) is 5.30. The van der Waals surface area contributed by atoms with Gasteiger partial charge in [0.1, 0.15) is 5.75 Å². The zero-order valence-electron chi connectivity index (χ0n) is 18.1. The minimum Gasteiger partial charge on any atom is -0.497 e. The second kappa shape index (κ2) is 9.65. The topological polar surface area (TPSA) is 41.6 Å². The molecule has 1 amide bonds. The van der Waals surface area contributed by atoms with Gasteiger partial charge in [0, 0.05) is 31.0 Å². The molecular formula is C26H34N2O2. The number of amides is 1. The van der Waals surface area contributed by atoms with Crippen molar-refractivity contribution in [3.05, 3.63) is 65.7 Å². The highest BCUT2D eigenvalue weighted by Crippen LogP contribution is 2.43. The number of carbonyl (C=O) groups is 1. The van der Waals surface area contributed by atoms with E-state index in [1.807, 2.05) is 12.1 Å². The van der Waals surface area contributed by atoms with Gasteiger partial charge in [0.15, 0.2) is 0 Å². The van der Waals surface area contributed by atoms with Crippen molar-refractivity contribution in [2.75, 3.05) is 20.2 Å².